The Labute approximate surface area is 109 Å². The maximum absolute atomic E-state index is 12.2. The van der Waals surface area contributed by atoms with Crippen molar-refractivity contribution in [3.8, 4) is 0 Å². The molecule has 19 heavy (non-hydrogen) atoms. The Morgan fingerprint density at radius 2 is 2.00 bits per heavy atom. The Balaban J connectivity index is 2.41. The second kappa shape index (κ2) is 5.34. The van der Waals surface area contributed by atoms with Gasteiger partial charge in [0.1, 0.15) is 6.33 Å². The van der Waals surface area contributed by atoms with Crippen LogP contribution in [0.5, 0.6) is 0 Å². The molecule has 6 heteroatoms. The van der Waals surface area contributed by atoms with Gasteiger partial charge in [-0.15, -0.1) is 0 Å². The minimum atomic E-state index is -0.665. The molecule has 2 N–H and O–H groups in total. The number of hydrogen-bond donors (Lipinski definition) is 1. The fourth-order valence-corrected chi connectivity index (χ4v) is 1.64. The highest BCUT2D eigenvalue weighted by Crippen LogP contribution is 2.14. The van der Waals surface area contributed by atoms with E-state index in [-0.39, 0.29) is 24.0 Å². The van der Waals surface area contributed by atoms with E-state index in [9.17, 15) is 9.59 Å². The van der Waals surface area contributed by atoms with E-state index in [0.29, 0.717) is 5.56 Å². The van der Waals surface area contributed by atoms with Gasteiger partial charge in [0.25, 0.3) is 5.91 Å². The number of carbonyl (C=O) groups excluding carboxylic acids is 2. The Morgan fingerprint density at radius 3 is 2.63 bits per heavy atom. The van der Waals surface area contributed by atoms with Crippen LogP contribution in [0.25, 0.3) is 0 Å². The number of nitrogens with zero attached hydrogens (tertiary/aromatic N) is 2. The molecule has 0 atom stereocenters. The van der Waals surface area contributed by atoms with E-state index in [1.54, 1.807) is 37.3 Å². The summed E-state index contributed by atoms with van der Waals surface area (Å²) in [5, 5.41) is 0. The number of benzene rings is 1. The molecule has 0 bridgehead atoms. The van der Waals surface area contributed by atoms with Crippen LogP contribution in [0.3, 0.4) is 0 Å². The molecule has 1 heterocycles. The first-order valence-electron chi connectivity index (χ1n) is 5.74. The highest BCUT2D eigenvalue weighted by molar-refractivity contribution is 6.03. The van der Waals surface area contributed by atoms with E-state index in [1.807, 2.05) is 0 Å². The largest absolute Gasteiger partial charge is 0.461 e. The van der Waals surface area contributed by atoms with Gasteiger partial charge < -0.3 is 10.5 Å². The third-order valence-corrected chi connectivity index (χ3v) is 2.50. The number of esters is 1. The van der Waals surface area contributed by atoms with Gasteiger partial charge in [0, 0.05) is 5.56 Å². The number of anilines is 1. The molecule has 0 radical (unpaired) electrons. The molecule has 0 saturated heterocycles. The zero-order chi connectivity index (χ0) is 13.8. The van der Waals surface area contributed by atoms with Gasteiger partial charge in [-0.1, -0.05) is 18.2 Å². The number of imidazole rings is 1. The third kappa shape index (κ3) is 2.47. The zero-order valence-electron chi connectivity index (χ0n) is 10.4. The lowest BCUT2D eigenvalue weighted by Gasteiger charge is -2.06. The lowest BCUT2D eigenvalue weighted by Crippen LogP contribution is -2.19. The summed E-state index contributed by atoms with van der Waals surface area (Å²) in [6.45, 7) is 1.87. The number of hydrogen-bond acceptors (Lipinski definition) is 5. The Kier molecular flexibility index (Phi) is 3.61. The molecule has 2 aromatic rings. The number of nitrogen functional groups attached to an aromatic ring is 1. The molecular formula is C13H13N3O3. The van der Waals surface area contributed by atoms with Crippen molar-refractivity contribution in [1.29, 1.82) is 0 Å². The summed E-state index contributed by atoms with van der Waals surface area (Å²) in [5.41, 5.74) is 5.99. The van der Waals surface area contributed by atoms with Crippen LogP contribution < -0.4 is 5.73 Å². The zero-order valence-corrected chi connectivity index (χ0v) is 10.4. The highest BCUT2D eigenvalue weighted by Gasteiger charge is 2.22. The first-order valence-corrected chi connectivity index (χ1v) is 5.74. The molecule has 98 valence electrons. The van der Waals surface area contributed by atoms with Crippen LogP contribution in [0.2, 0.25) is 0 Å². The van der Waals surface area contributed by atoms with E-state index < -0.39 is 5.97 Å². The standard InChI is InChI=1S/C13H13N3O3/c1-2-19-13(18)10-11(14)15-8-16(10)12(17)9-6-4-3-5-7-9/h3-8H,2,14H2,1H3. The lowest BCUT2D eigenvalue weighted by molar-refractivity contribution is 0.0511. The fourth-order valence-electron chi connectivity index (χ4n) is 1.64. The Bertz CT molecular complexity index is 605. The van der Waals surface area contributed by atoms with E-state index in [2.05, 4.69) is 4.98 Å². The molecule has 0 aliphatic heterocycles. The van der Waals surface area contributed by atoms with Crippen molar-refractivity contribution in [1.82, 2.24) is 9.55 Å². The van der Waals surface area contributed by atoms with Crippen molar-refractivity contribution in [2.24, 2.45) is 0 Å². The van der Waals surface area contributed by atoms with Crippen molar-refractivity contribution in [2.75, 3.05) is 12.3 Å². The van der Waals surface area contributed by atoms with E-state index in [0.717, 1.165) is 4.57 Å². The first-order chi connectivity index (χ1) is 9.15. The van der Waals surface area contributed by atoms with Gasteiger partial charge in [0.05, 0.1) is 6.61 Å². The molecule has 0 spiro atoms. The van der Waals surface area contributed by atoms with Gasteiger partial charge in [0.15, 0.2) is 11.5 Å². The summed E-state index contributed by atoms with van der Waals surface area (Å²) in [7, 11) is 0. The lowest BCUT2D eigenvalue weighted by atomic mass is 10.2. The van der Waals surface area contributed by atoms with Crippen LogP contribution in [0.1, 0.15) is 27.8 Å². The average molecular weight is 259 g/mol. The average Bonchev–Trinajstić information content (AvgIpc) is 2.81. The molecule has 1 aromatic carbocycles. The molecule has 1 aromatic heterocycles. The van der Waals surface area contributed by atoms with Gasteiger partial charge in [0.2, 0.25) is 0 Å². The molecule has 0 amide bonds. The van der Waals surface area contributed by atoms with Crippen molar-refractivity contribution in [2.45, 2.75) is 6.92 Å². The van der Waals surface area contributed by atoms with Crippen molar-refractivity contribution in [3.63, 3.8) is 0 Å². The van der Waals surface area contributed by atoms with Gasteiger partial charge in [-0.3, -0.25) is 9.36 Å². The number of rotatable bonds is 3. The van der Waals surface area contributed by atoms with Gasteiger partial charge in [-0.05, 0) is 19.1 Å². The van der Waals surface area contributed by atoms with Gasteiger partial charge >= 0.3 is 5.97 Å². The Morgan fingerprint density at radius 1 is 1.32 bits per heavy atom. The summed E-state index contributed by atoms with van der Waals surface area (Å²) in [4.78, 5) is 27.8. The second-order valence-electron chi connectivity index (χ2n) is 3.74. The fraction of sp³-hybridized carbons (Fsp3) is 0.154. The number of carbonyl (C=O) groups is 2. The van der Waals surface area contributed by atoms with Crippen LogP contribution in [0.4, 0.5) is 5.82 Å². The van der Waals surface area contributed by atoms with Gasteiger partial charge in [-0.2, -0.15) is 0 Å². The molecule has 0 saturated carbocycles. The monoisotopic (exact) mass is 259 g/mol. The molecule has 0 aliphatic rings. The van der Waals surface area contributed by atoms with Crippen LogP contribution in [-0.4, -0.2) is 28.0 Å². The summed E-state index contributed by atoms with van der Waals surface area (Å²) < 4.78 is 5.96. The molecule has 0 unspecified atom stereocenters. The first kappa shape index (κ1) is 12.8. The van der Waals surface area contributed by atoms with Gasteiger partial charge in [-0.25, -0.2) is 9.78 Å². The van der Waals surface area contributed by atoms with Crippen LogP contribution in [-0.2, 0) is 4.74 Å². The van der Waals surface area contributed by atoms with E-state index in [4.69, 9.17) is 10.5 Å². The number of aromatic nitrogens is 2. The maximum Gasteiger partial charge on any atom is 0.359 e. The summed E-state index contributed by atoms with van der Waals surface area (Å²) in [6.07, 6.45) is 1.22. The number of ether oxygens (including phenoxy) is 1. The maximum atomic E-state index is 12.2. The minimum absolute atomic E-state index is 0.0252. The summed E-state index contributed by atoms with van der Waals surface area (Å²) >= 11 is 0. The third-order valence-electron chi connectivity index (χ3n) is 2.50. The minimum Gasteiger partial charge on any atom is -0.461 e. The predicted octanol–water partition coefficient (Wildman–Crippen LogP) is 1.33. The van der Waals surface area contributed by atoms with Crippen LogP contribution >= 0.6 is 0 Å². The number of nitrogens with two attached hydrogens (primary N) is 1. The van der Waals surface area contributed by atoms with Crippen molar-refractivity contribution < 1.29 is 14.3 Å². The molecule has 6 nitrogen and oxygen atoms in total. The SMILES string of the molecule is CCOC(=O)c1c(N)ncn1C(=O)c1ccccc1. The Hall–Kier alpha value is -2.63. The molecular weight excluding hydrogens is 246 g/mol. The van der Waals surface area contributed by atoms with E-state index in [1.165, 1.54) is 6.33 Å². The smallest absolute Gasteiger partial charge is 0.359 e. The van der Waals surface area contributed by atoms with Crippen LogP contribution in [0, 0.1) is 0 Å². The molecule has 2 rings (SSSR count). The van der Waals surface area contributed by atoms with Crippen molar-refractivity contribution in [3.05, 3.63) is 47.9 Å². The highest BCUT2D eigenvalue weighted by atomic mass is 16.5. The molecule has 0 aliphatic carbocycles. The van der Waals surface area contributed by atoms with E-state index >= 15 is 0 Å². The quantitative estimate of drug-likeness (QED) is 0.840. The van der Waals surface area contributed by atoms with Crippen LogP contribution in [0.15, 0.2) is 36.7 Å². The second-order valence-corrected chi connectivity index (χ2v) is 3.74. The summed E-state index contributed by atoms with van der Waals surface area (Å²) in [5.74, 6) is -1.07. The predicted molar refractivity (Wildman–Crippen MR) is 68.8 cm³/mol. The van der Waals surface area contributed by atoms with Crippen molar-refractivity contribution >= 4 is 17.7 Å². The molecule has 0 fully saturated rings. The normalized spacial score (nSPS) is 10.2. The summed E-state index contributed by atoms with van der Waals surface area (Å²) in [6, 6.07) is 8.56. The topological polar surface area (TPSA) is 87.2 Å².